The van der Waals surface area contributed by atoms with Crippen molar-refractivity contribution in [3.63, 3.8) is 0 Å². The number of hydrogen-bond acceptors (Lipinski definition) is 4. The standard InChI is InChI=1S/C22H27N3O3S/c1-15-10-11-17(13-18(15)25-12-6-9-21(25)26)24-22(29)23-16(2)14-28-20-8-5-4-7-19(20)27-3/h4-5,7-8,10-11,13,16H,6,9,12,14H2,1-3H3,(H2,23,24,29)/t16-/m0/s1. The first-order valence-electron chi connectivity index (χ1n) is 9.72. The van der Waals surface area contributed by atoms with Crippen molar-refractivity contribution in [1.29, 1.82) is 0 Å². The maximum Gasteiger partial charge on any atom is 0.227 e. The number of carbonyl (C=O) groups excluding carboxylic acids is 1. The van der Waals surface area contributed by atoms with Crippen LogP contribution in [0.15, 0.2) is 42.5 Å². The van der Waals surface area contributed by atoms with Gasteiger partial charge in [0.2, 0.25) is 5.91 Å². The Bertz CT molecular complexity index is 887. The third-order valence-electron chi connectivity index (χ3n) is 4.77. The van der Waals surface area contributed by atoms with Gasteiger partial charge in [0.1, 0.15) is 6.61 Å². The van der Waals surface area contributed by atoms with Crippen molar-refractivity contribution >= 4 is 34.6 Å². The Morgan fingerprint density at radius 3 is 2.69 bits per heavy atom. The topological polar surface area (TPSA) is 62.8 Å². The van der Waals surface area contributed by atoms with Crippen molar-refractivity contribution in [2.45, 2.75) is 32.7 Å². The summed E-state index contributed by atoms with van der Waals surface area (Å²) in [4.78, 5) is 13.9. The normalized spacial score (nSPS) is 14.4. The summed E-state index contributed by atoms with van der Waals surface area (Å²) in [5.74, 6) is 1.57. The van der Waals surface area contributed by atoms with Gasteiger partial charge in [-0.25, -0.2) is 0 Å². The molecule has 0 bridgehead atoms. The molecular weight excluding hydrogens is 386 g/mol. The van der Waals surface area contributed by atoms with Crippen molar-refractivity contribution in [3.8, 4) is 11.5 Å². The molecule has 0 unspecified atom stereocenters. The van der Waals surface area contributed by atoms with Gasteiger partial charge in [0.05, 0.1) is 13.2 Å². The largest absolute Gasteiger partial charge is 0.493 e. The molecule has 2 aromatic rings. The van der Waals surface area contributed by atoms with Gasteiger partial charge in [0, 0.05) is 24.3 Å². The number of para-hydroxylation sites is 2. The number of aryl methyl sites for hydroxylation is 1. The molecule has 2 aromatic carbocycles. The number of ether oxygens (including phenoxy) is 2. The minimum atomic E-state index is -0.00927. The third kappa shape index (κ3) is 5.38. The van der Waals surface area contributed by atoms with Crippen LogP contribution in [0.5, 0.6) is 11.5 Å². The van der Waals surface area contributed by atoms with Crippen LogP contribution in [0.25, 0.3) is 0 Å². The predicted molar refractivity (Wildman–Crippen MR) is 120 cm³/mol. The van der Waals surface area contributed by atoms with Crippen LogP contribution in [0.2, 0.25) is 0 Å². The lowest BCUT2D eigenvalue weighted by Crippen LogP contribution is -2.39. The number of thiocarbonyl (C=S) groups is 1. The lowest BCUT2D eigenvalue weighted by atomic mass is 10.1. The molecule has 0 aromatic heterocycles. The van der Waals surface area contributed by atoms with Crippen LogP contribution in [0, 0.1) is 6.92 Å². The molecule has 1 saturated heterocycles. The van der Waals surface area contributed by atoms with Crippen LogP contribution in [-0.4, -0.2) is 37.3 Å². The fourth-order valence-electron chi connectivity index (χ4n) is 3.27. The van der Waals surface area contributed by atoms with Gasteiger partial charge >= 0.3 is 0 Å². The first-order chi connectivity index (χ1) is 14.0. The van der Waals surface area contributed by atoms with E-state index in [1.807, 2.05) is 61.2 Å². The van der Waals surface area contributed by atoms with Gasteiger partial charge in [-0.3, -0.25) is 4.79 Å². The van der Waals surface area contributed by atoms with Crippen molar-refractivity contribution in [2.75, 3.05) is 30.5 Å². The fourth-order valence-corrected chi connectivity index (χ4v) is 3.59. The number of anilines is 2. The van der Waals surface area contributed by atoms with E-state index < -0.39 is 0 Å². The van der Waals surface area contributed by atoms with Gasteiger partial charge < -0.3 is 25.0 Å². The van der Waals surface area contributed by atoms with Crippen molar-refractivity contribution < 1.29 is 14.3 Å². The highest BCUT2D eigenvalue weighted by Gasteiger charge is 2.23. The zero-order valence-electron chi connectivity index (χ0n) is 17.0. The summed E-state index contributed by atoms with van der Waals surface area (Å²) in [6.07, 6.45) is 1.51. The molecule has 0 aliphatic carbocycles. The van der Waals surface area contributed by atoms with Gasteiger partial charge in [-0.05, 0) is 62.3 Å². The van der Waals surface area contributed by atoms with Crippen molar-refractivity contribution in [3.05, 3.63) is 48.0 Å². The first-order valence-corrected chi connectivity index (χ1v) is 10.1. The van der Waals surface area contributed by atoms with E-state index in [0.29, 0.717) is 29.6 Å². The summed E-state index contributed by atoms with van der Waals surface area (Å²) < 4.78 is 11.1. The molecular formula is C22H27N3O3S. The van der Waals surface area contributed by atoms with E-state index in [9.17, 15) is 4.79 Å². The van der Waals surface area contributed by atoms with Gasteiger partial charge in [0.25, 0.3) is 0 Å². The van der Waals surface area contributed by atoms with E-state index in [2.05, 4.69) is 10.6 Å². The summed E-state index contributed by atoms with van der Waals surface area (Å²) >= 11 is 5.44. The predicted octanol–water partition coefficient (Wildman–Crippen LogP) is 3.88. The quantitative estimate of drug-likeness (QED) is 0.672. The second-order valence-corrected chi connectivity index (χ2v) is 7.52. The second kappa shape index (κ2) is 9.60. The van der Waals surface area contributed by atoms with Gasteiger partial charge in [-0.15, -0.1) is 0 Å². The average molecular weight is 414 g/mol. The Morgan fingerprint density at radius 1 is 1.24 bits per heavy atom. The number of rotatable bonds is 7. The number of nitrogens with one attached hydrogen (secondary N) is 2. The minimum Gasteiger partial charge on any atom is -0.493 e. The lowest BCUT2D eigenvalue weighted by Gasteiger charge is -2.21. The van der Waals surface area contributed by atoms with Crippen molar-refractivity contribution in [1.82, 2.24) is 5.32 Å². The highest BCUT2D eigenvalue weighted by Crippen LogP contribution is 2.28. The maximum absolute atomic E-state index is 12.1. The van der Waals surface area contributed by atoms with E-state index in [-0.39, 0.29) is 11.9 Å². The summed E-state index contributed by atoms with van der Waals surface area (Å²) in [6.45, 7) is 5.21. The molecule has 0 saturated carbocycles. The summed E-state index contributed by atoms with van der Waals surface area (Å²) in [6, 6.07) is 13.5. The molecule has 1 fully saturated rings. The first kappa shape index (κ1) is 20.9. The highest BCUT2D eigenvalue weighted by atomic mass is 32.1. The molecule has 0 spiro atoms. The zero-order valence-corrected chi connectivity index (χ0v) is 17.8. The maximum atomic E-state index is 12.1. The number of benzene rings is 2. The van der Waals surface area contributed by atoms with E-state index in [4.69, 9.17) is 21.7 Å². The molecule has 154 valence electrons. The fraction of sp³-hybridized carbons (Fsp3) is 0.364. The van der Waals surface area contributed by atoms with Crippen LogP contribution in [0.1, 0.15) is 25.3 Å². The SMILES string of the molecule is COc1ccccc1OC[C@H](C)NC(=S)Nc1ccc(C)c(N2CCCC2=O)c1. The third-order valence-corrected chi connectivity index (χ3v) is 4.99. The van der Waals surface area contributed by atoms with Crippen LogP contribution in [-0.2, 0) is 4.79 Å². The molecule has 1 aliphatic rings. The van der Waals surface area contributed by atoms with E-state index in [1.165, 1.54) is 0 Å². The Kier molecular flexibility index (Phi) is 6.93. The highest BCUT2D eigenvalue weighted by molar-refractivity contribution is 7.80. The van der Waals surface area contributed by atoms with Gasteiger partial charge in [0.15, 0.2) is 16.6 Å². The van der Waals surface area contributed by atoms with E-state index >= 15 is 0 Å². The monoisotopic (exact) mass is 413 g/mol. The number of nitrogens with zero attached hydrogens (tertiary/aromatic N) is 1. The minimum absolute atomic E-state index is 0.00927. The molecule has 3 rings (SSSR count). The zero-order chi connectivity index (χ0) is 20.8. The summed E-state index contributed by atoms with van der Waals surface area (Å²) in [5, 5.41) is 6.93. The average Bonchev–Trinajstić information content (AvgIpc) is 3.13. The van der Waals surface area contributed by atoms with Crippen molar-refractivity contribution in [2.24, 2.45) is 0 Å². The molecule has 1 heterocycles. The summed E-state index contributed by atoms with van der Waals surface area (Å²) in [5.41, 5.74) is 2.86. The number of amides is 1. The van der Waals surface area contributed by atoms with E-state index in [0.717, 1.165) is 29.9 Å². The van der Waals surface area contributed by atoms with Crippen LogP contribution < -0.4 is 25.0 Å². The van der Waals surface area contributed by atoms with Gasteiger partial charge in [-0.1, -0.05) is 18.2 Å². The molecule has 7 heteroatoms. The number of methoxy groups -OCH3 is 1. The molecule has 1 aliphatic heterocycles. The Labute approximate surface area is 177 Å². The molecule has 0 radical (unpaired) electrons. The molecule has 1 amide bonds. The van der Waals surface area contributed by atoms with E-state index in [1.54, 1.807) is 7.11 Å². The number of carbonyl (C=O) groups is 1. The summed E-state index contributed by atoms with van der Waals surface area (Å²) in [7, 11) is 1.62. The molecule has 6 nitrogen and oxygen atoms in total. The van der Waals surface area contributed by atoms with Crippen LogP contribution >= 0.6 is 12.2 Å². The second-order valence-electron chi connectivity index (χ2n) is 7.11. The smallest absolute Gasteiger partial charge is 0.227 e. The van der Waals surface area contributed by atoms with Crippen LogP contribution in [0.3, 0.4) is 0 Å². The Morgan fingerprint density at radius 2 is 2.00 bits per heavy atom. The lowest BCUT2D eigenvalue weighted by molar-refractivity contribution is -0.117. The number of hydrogen-bond donors (Lipinski definition) is 2. The molecule has 29 heavy (non-hydrogen) atoms. The van der Waals surface area contributed by atoms with Gasteiger partial charge in [-0.2, -0.15) is 0 Å². The molecule has 2 N–H and O–H groups in total. The Hall–Kier alpha value is -2.80. The van der Waals surface area contributed by atoms with Crippen LogP contribution in [0.4, 0.5) is 11.4 Å². The molecule has 1 atom stereocenters. The Balaban J connectivity index is 1.55.